The van der Waals surface area contributed by atoms with Crippen molar-refractivity contribution < 1.29 is 9.13 Å². The lowest BCUT2D eigenvalue weighted by Crippen LogP contribution is -2.12. The first kappa shape index (κ1) is 13.5. The lowest BCUT2D eigenvalue weighted by molar-refractivity contribution is 0.210. The predicted octanol–water partition coefficient (Wildman–Crippen LogP) is 2.44. The number of imidazole rings is 1. The molecule has 102 valence electrons. The minimum absolute atomic E-state index is 0.219. The monoisotopic (exact) mass is 263 g/mol. The molecule has 1 aromatic carbocycles. The first-order chi connectivity index (χ1) is 9.19. The summed E-state index contributed by atoms with van der Waals surface area (Å²) >= 11 is 0. The molecule has 1 aromatic heterocycles. The number of aromatic nitrogens is 2. The first-order valence-electron chi connectivity index (χ1n) is 6.20. The van der Waals surface area contributed by atoms with E-state index in [1.807, 2.05) is 17.7 Å². The number of benzene rings is 1. The molecule has 2 aromatic rings. The highest BCUT2D eigenvalue weighted by atomic mass is 19.1. The molecule has 0 bridgehead atoms. The van der Waals surface area contributed by atoms with E-state index in [4.69, 9.17) is 4.74 Å². The third kappa shape index (κ3) is 3.79. The predicted molar refractivity (Wildman–Crippen MR) is 72.8 cm³/mol. The van der Waals surface area contributed by atoms with E-state index < -0.39 is 0 Å². The van der Waals surface area contributed by atoms with E-state index in [1.165, 1.54) is 12.1 Å². The van der Waals surface area contributed by atoms with E-state index in [2.05, 4.69) is 10.3 Å². The summed E-state index contributed by atoms with van der Waals surface area (Å²) in [6.07, 6.45) is 1.97. The van der Waals surface area contributed by atoms with Crippen molar-refractivity contribution in [2.24, 2.45) is 0 Å². The molecular formula is C14H18FN3O. The van der Waals surface area contributed by atoms with Crippen molar-refractivity contribution >= 4 is 5.95 Å². The number of hydrogen-bond acceptors (Lipinski definition) is 3. The van der Waals surface area contributed by atoms with Gasteiger partial charge in [0.05, 0.1) is 18.8 Å². The second-order valence-corrected chi connectivity index (χ2v) is 4.38. The molecule has 0 aliphatic carbocycles. The van der Waals surface area contributed by atoms with Gasteiger partial charge >= 0.3 is 0 Å². The molecule has 0 saturated heterocycles. The van der Waals surface area contributed by atoms with Gasteiger partial charge in [-0.1, -0.05) is 12.1 Å². The van der Waals surface area contributed by atoms with Crippen LogP contribution in [0.2, 0.25) is 0 Å². The van der Waals surface area contributed by atoms with Crippen LogP contribution in [0.25, 0.3) is 0 Å². The number of halogens is 1. The van der Waals surface area contributed by atoms with E-state index >= 15 is 0 Å². The SMILES string of the molecule is COCCNc1nc(C)cn1Cc1ccc(F)cc1. The van der Waals surface area contributed by atoms with E-state index in [0.29, 0.717) is 19.7 Å². The molecule has 0 aliphatic heterocycles. The fourth-order valence-electron chi connectivity index (χ4n) is 1.86. The average Bonchev–Trinajstić information content (AvgIpc) is 2.73. The van der Waals surface area contributed by atoms with Gasteiger partial charge in [-0.15, -0.1) is 0 Å². The van der Waals surface area contributed by atoms with Gasteiger partial charge in [0.1, 0.15) is 5.82 Å². The van der Waals surface area contributed by atoms with Gasteiger partial charge in [0.2, 0.25) is 5.95 Å². The highest BCUT2D eigenvalue weighted by molar-refractivity contribution is 5.30. The highest BCUT2D eigenvalue weighted by Gasteiger charge is 2.05. The van der Waals surface area contributed by atoms with Gasteiger partial charge in [0.25, 0.3) is 0 Å². The zero-order chi connectivity index (χ0) is 13.7. The lowest BCUT2D eigenvalue weighted by atomic mass is 10.2. The first-order valence-corrected chi connectivity index (χ1v) is 6.20. The molecule has 5 heteroatoms. The third-order valence-electron chi connectivity index (χ3n) is 2.75. The summed E-state index contributed by atoms with van der Waals surface area (Å²) in [6, 6.07) is 6.50. The smallest absolute Gasteiger partial charge is 0.203 e. The van der Waals surface area contributed by atoms with Crippen LogP contribution < -0.4 is 5.32 Å². The van der Waals surface area contributed by atoms with Crippen molar-refractivity contribution in [3.05, 3.63) is 47.5 Å². The van der Waals surface area contributed by atoms with Gasteiger partial charge in [-0.3, -0.25) is 0 Å². The Kier molecular flexibility index (Phi) is 4.52. The number of anilines is 1. The summed E-state index contributed by atoms with van der Waals surface area (Å²) in [5.41, 5.74) is 1.98. The number of methoxy groups -OCH3 is 1. The molecule has 1 heterocycles. The summed E-state index contributed by atoms with van der Waals surface area (Å²) < 4.78 is 19.9. The Morgan fingerprint density at radius 1 is 1.32 bits per heavy atom. The van der Waals surface area contributed by atoms with Crippen LogP contribution in [0.5, 0.6) is 0 Å². The zero-order valence-electron chi connectivity index (χ0n) is 11.2. The number of nitrogens with zero attached hydrogens (tertiary/aromatic N) is 2. The van der Waals surface area contributed by atoms with E-state index in [9.17, 15) is 4.39 Å². The van der Waals surface area contributed by atoms with Crippen LogP contribution in [-0.2, 0) is 11.3 Å². The maximum absolute atomic E-state index is 12.9. The second kappa shape index (κ2) is 6.33. The van der Waals surface area contributed by atoms with Crippen LogP contribution in [0.4, 0.5) is 10.3 Å². The van der Waals surface area contributed by atoms with Crippen molar-refractivity contribution in [2.45, 2.75) is 13.5 Å². The largest absolute Gasteiger partial charge is 0.383 e. The molecule has 4 nitrogen and oxygen atoms in total. The van der Waals surface area contributed by atoms with Gasteiger partial charge in [-0.25, -0.2) is 9.37 Å². The molecule has 0 aliphatic rings. The Hall–Kier alpha value is -1.88. The standard InChI is InChI=1S/C14H18FN3O/c1-11-9-18(14(17-11)16-7-8-19-2)10-12-3-5-13(15)6-4-12/h3-6,9H,7-8,10H2,1-2H3,(H,16,17). The minimum atomic E-state index is -0.219. The Morgan fingerprint density at radius 2 is 2.05 bits per heavy atom. The Labute approximate surface area is 112 Å². The number of aryl methyl sites for hydroxylation is 1. The highest BCUT2D eigenvalue weighted by Crippen LogP contribution is 2.12. The Balaban J connectivity index is 2.08. The summed E-state index contributed by atoms with van der Waals surface area (Å²) in [4.78, 5) is 4.42. The van der Waals surface area contributed by atoms with Crippen LogP contribution in [-0.4, -0.2) is 29.8 Å². The molecule has 1 N–H and O–H groups in total. The molecule has 0 saturated carbocycles. The van der Waals surface area contributed by atoms with Crippen molar-refractivity contribution in [3.8, 4) is 0 Å². The lowest BCUT2D eigenvalue weighted by Gasteiger charge is -2.09. The van der Waals surface area contributed by atoms with E-state index in [-0.39, 0.29) is 5.82 Å². The van der Waals surface area contributed by atoms with Crippen LogP contribution in [0.1, 0.15) is 11.3 Å². The van der Waals surface area contributed by atoms with Crippen LogP contribution >= 0.6 is 0 Å². The van der Waals surface area contributed by atoms with Crippen molar-refractivity contribution in [1.29, 1.82) is 0 Å². The number of nitrogens with one attached hydrogen (secondary N) is 1. The quantitative estimate of drug-likeness (QED) is 0.814. The Bertz CT molecular complexity index is 522. The van der Waals surface area contributed by atoms with Crippen LogP contribution in [0.15, 0.2) is 30.5 Å². The molecular weight excluding hydrogens is 245 g/mol. The fourth-order valence-corrected chi connectivity index (χ4v) is 1.86. The fraction of sp³-hybridized carbons (Fsp3) is 0.357. The minimum Gasteiger partial charge on any atom is -0.383 e. The van der Waals surface area contributed by atoms with Crippen molar-refractivity contribution in [3.63, 3.8) is 0 Å². The third-order valence-corrected chi connectivity index (χ3v) is 2.75. The second-order valence-electron chi connectivity index (χ2n) is 4.38. The van der Waals surface area contributed by atoms with Gasteiger partial charge in [-0.2, -0.15) is 0 Å². The molecule has 0 radical (unpaired) electrons. The molecule has 0 spiro atoms. The normalized spacial score (nSPS) is 10.7. The summed E-state index contributed by atoms with van der Waals surface area (Å²) in [5.74, 6) is 0.586. The summed E-state index contributed by atoms with van der Waals surface area (Å²) in [5, 5.41) is 3.22. The van der Waals surface area contributed by atoms with Gasteiger partial charge in [-0.05, 0) is 24.6 Å². The molecule has 0 atom stereocenters. The maximum atomic E-state index is 12.9. The zero-order valence-corrected chi connectivity index (χ0v) is 11.2. The average molecular weight is 263 g/mol. The van der Waals surface area contributed by atoms with Gasteiger partial charge in [0.15, 0.2) is 0 Å². The van der Waals surface area contributed by atoms with Gasteiger partial charge < -0.3 is 14.6 Å². The van der Waals surface area contributed by atoms with Crippen LogP contribution in [0.3, 0.4) is 0 Å². The Morgan fingerprint density at radius 3 is 2.74 bits per heavy atom. The van der Waals surface area contributed by atoms with E-state index in [1.54, 1.807) is 19.2 Å². The van der Waals surface area contributed by atoms with Crippen LogP contribution in [0, 0.1) is 12.7 Å². The maximum Gasteiger partial charge on any atom is 0.203 e. The topological polar surface area (TPSA) is 39.1 Å². The molecule has 0 fully saturated rings. The number of hydrogen-bond donors (Lipinski definition) is 1. The molecule has 19 heavy (non-hydrogen) atoms. The van der Waals surface area contributed by atoms with Crippen molar-refractivity contribution in [1.82, 2.24) is 9.55 Å². The molecule has 0 amide bonds. The number of rotatable bonds is 6. The van der Waals surface area contributed by atoms with Crippen molar-refractivity contribution in [2.75, 3.05) is 25.6 Å². The van der Waals surface area contributed by atoms with Gasteiger partial charge in [0, 0.05) is 19.9 Å². The number of ether oxygens (including phenoxy) is 1. The van der Waals surface area contributed by atoms with E-state index in [0.717, 1.165) is 17.2 Å². The molecule has 0 unspecified atom stereocenters. The summed E-state index contributed by atoms with van der Waals surface area (Å²) in [6.45, 7) is 3.94. The summed E-state index contributed by atoms with van der Waals surface area (Å²) in [7, 11) is 1.66. The molecule has 2 rings (SSSR count).